The number of rotatable bonds is 7. The summed E-state index contributed by atoms with van der Waals surface area (Å²) in [5, 5.41) is 4.61. The van der Waals surface area contributed by atoms with Crippen molar-refractivity contribution in [3.63, 3.8) is 0 Å². The van der Waals surface area contributed by atoms with Gasteiger partial charge in [-0.3, -0.25) is 0 Å². The zero-order valence-corrected chi connectivity index (χ0v) is 29.6. The van der Waals surface area contributed by atoms with Crippen LogP contribution in [0.1, 0.15) is 0 Å². The van der Waals surface area contributed by atoms with Gasteiger partial charge in [0.25, 0.3) is 0 Å². The molecule has 0 spiro atoms. The van der Waals surface area contributed by atoms with Gasteiger partial charge in [-0.05, 0) is 86.6 Å². The van der Waals surface area contributed by atoms with Gasteiger partial charge in [0.05, 0.1) is 11.4 Å². The Bertz CT molecular complexity index is 2910. The predicted octanol–water partition coefficient (Wildman–Crippen LogP) is 14.9. The van der Waals surface area contributed by atoms with E-state index in [1.807, 2.05) is 6.07 Å². The summed E-state index contributed by atoms with van der Waals surface area (Å²) in [5.41, 5.74) is 14.2. The van der Waals surface area contributed by atoms with E-state index in [-0.39, 0.29) is 0 Å². The summed E-state index contributed by atoms with van der Waals surface area (Å²) in [5.74, 6) is 0. The van der Waals surface area contributed by atoms with Gasteiger partial charge in [0.15, 0.2) is 0 Å². The maximum absolute atomic E-state index is 6.82. The molecule has 0 aliphatic carbocycles. The maximum Gasteiger partial charge on any atom is 0.145 e. The third-order valence-electron chi connectivity index (χ3n) is 10.5. The number of anilines is 3. The van der Waals surface area contributed by atoms with Gasteiger partial charge in [0.1, 0.15) is 11.2 Å². The second-order valence-corrected chi connectivity index (χ2v) is 13.7. The average Bonchev–Trinajstić information content (AvgIpc) is 3.63. The van der Waals surface area contributed by atoms with Crippen molar-refractivity contribution in [2.45, 2.75) is 0 Å². The SMILES string of the molecule is c1ccc(-c2ccc(-c3ccc(N(c4ccccc4-c4ccccc4)c4ccc5c(oc6ccccc65)c4-c4ccc5ccccc5c4)cc3)cc2)cc1. The first-order valence-electron chi connectivity index (χ1n) is 18.4. The second kappa shape index (κ2) is 13.4. The minimum absolute atomic E-state index is 0.876. The maximum atomic E-state index is 6.82. The van der Waals surface area contributed by atoms with Crippen molar-refractivity contribution >= 4 is 49.8 Å². The van der Waals surface area contributed by atoms with Crippen LogP contribution in [-0.4, -0.2) is 0 Å². The molecule has 0 aliphatic heterocycles. The highest BCUT2D eigenvalue weighted by Crippen LogP contribution is 2.49. The number of furan rings is 1. The van der Waals surface area contributed by atoms with Crippen molar-refractivity contribution < 1.29 is 4.42 Å². The summed E-state index contributed by atoms with van der Waals surface area (Å²) in [6.07, 6.45) is 0. The van der Waals surface area contributed by atoms with Crippen LogP contribution in [0.25, 0.3) is 77.2 Å². The number of fused-ring (bicyclic) bond motifs is 4. The molecule has 0 unspecified atom stereocenters. The van der Waals surface area contributed by atoms with E-state index in [1.54, 1.807) is 0 Å². The lowest BCUT2D eigenvalue weighted by atomic mass is 9.95. The van der Waals surface area contributed by atoms with E-state index in [9.17, 15) is 0 Å². The molecular formula is C52H35NO. The van der Waals surface area contributed by atoms with Crippen molar-refractivity contribution in [3.8, 4) is 44.5 Å². The monoisotopic (exact) mass is 689 g/mol. The van der Waals surface area contributed by atoms with Crippen molar-refractivity contribution in [2.24, 2.45) is 0 Å². The van der Waals surface area contributed by atoms with Crippen molar-refractivity contribution in [2.75, 3.05) is 4.90 Å². The number of hydrogen-bond acceptors (Lipinski definition) is 2. The Hall–Kier alpha value is -7.16. The fraction of sp³-hybridized carbons (Fsp3) is 0. The van der Waals surface area contributed by atoms with E-state index >= 15 is 0 Å². The smallest absolute Gasteiger partial charge is 0.145 e. The van der Waals surface area contributed by atoms with E-state index in [0.29, 0.717) is 0 Å². The molecular weight excluding hydrogens is 655 g/mol. The third-order valence-corrected chi connectivity index (χ3v) is 10.5. The molecule has 2 nitrogen and oxygen atoms in total. The molecule has 1 heterocycles. The fourth-order valence-corrected chi connectivity index (χ4v) is 7.82. The molecule has 9 aromatic carbocycles. The van der Waals surface area contributed by atoms with E-state index in [4.69, 9.17) is 4.42 Å². The molecule has 10 rings (SSSR count). The molecule has 0 N–H and O–H groups in total. The van der Waals surface area contributed by atoms with Crippen molar-refractivity contribution in [3.05, 3.63) is 212 Å². The van der Waals surface area contributed by atoms with Gasteiger partial charge in [-0.1, -0.05) is 170 Å². The molecule has 2 heteroatoms. The van der Waals surface area contributed by atoms with Gasteiger partial charge in [0.2, 0.25) is 0 Å². The lowest BCUT2D eigenvalue weighted by Gasteiger charge is -2.30. The number of para-hydroxylation sites is 2. The second-order valence-electron chi connectivity index (χ2n) is 13.7. The van der Waals surface area contributed by atoms with Gasteiger partial charge in [-0.25, -0.2) is 0 Å². The van der Waals surface area contributed by atoms with Crippen molar-refractivity contribution in [1.29, 1.82) is 0 Å². The number of hydrogen-bond donors (Lipinski definition) is 0. The molecule has 0 saturated carbocycles. The normalized spacial score (nSPS) is 11.3. The van der Waals surface area contributed by atoms with Gasteiger partial charge >= 0.3 is 0 Å². The molecule has 0 bridgehead atoms. The Labute approximate surface area is 314 Å². The molecule has 0 atom stereocenters. The highest BCUT2D eigenvalue weighted by molar-refractivity contribution is 6.14. The van der Waals surface area contributed by atoms with Gasteiger partial charge in [-0.15, -0.1) is 0 Å². The molecule has 0 aliphatic rings. The number of nitrogens with zero attached hydrogens (tertiary/aromatic N) is 1. The Morgan fingerprint density at radius 3 is 1.63 bits per heavy atom. The fourth-order valence-electron chi connectivity index (χ4n) is 7.82. The largest absolute Gasteiger partial charge is 0.455 e. The highest BCUT2D eigenvalue weighted by atomic mass is 16.3. The average molecular weight is 690 g/mol. The van der Waals surface area contributed by atoms with Crippen LogP contribution in [0, 0.1) is 0 Å². The van der Waals surface area contributed by atoms with E-state index in [2.05, 4.69) is 211 Å². The summed E-state index contributed by atoms with van der Waals surface area (Å²) in [4.78, 5) is 2.40. The Kier molecular flexibility index (Phi) is 7.85. The van der Waals surface area contributed by atoms with Crippen LogP contribution in [0.15, 0.2) is 217 Å². The van der Waals surface area contributed by atoms with Gasteiger partial charge in [0, 0.05) is 27.6 Å². The Balaban J connectivity index is 1.19. The van der Waals surface area contributed by atoms with Crippen LogP contribution in [-0.2, 0) is 0 Å². The zero-order valence-electron chi connectivity index (χ0n) is 29.6. The predicted molar refractivity (Wildman–Crippen MR) is 228 cm³/mol. The lowest BCUT2D eigenvalue weighted by molar-refractivity contribution is 0.670. The van der Waals surface area contributed by atoms with Crippen molar-refractivity contribution in [1.82, 2.24) is 0 Å². The third kappa shape index (κ3) is 5.62. The van der Waals surface area contributed by atoms with E-state index in [0.717, 1.165) is 66.8 Å². The summed E-state index contributed by atoms with van der Waals surface area (Å²) in [6, 6.07) is 75.8. The first-order chi connectivity index (χ1) is 26.8. The standard InChI is InChI=1S/C52H35NO/c1-3-13-36(14-4-1)38-23-25-39(26-24-38)40-29-31-44(32-30-40)53(48-21-11-9-19-45(48)41-16-5-2-6-17-41)49-34-33-47-46-20-10-12-22-50(46)54-52(47)51(49)43-28-27-37-15-7-8-18-42(37)35-43/h1-35H. The van der Waals surface area contributed by atoms with E-state index in [1.165, 1.54) is 27.5 Å². The number of benzene rings is 9. The van der Waals surface area contributed by atoms with E-state index < -0.39 is 0 Å². The van der Waals surface area contributed by atoms with Crippen LogP contribution in [0.3, 0.4) is 0 Å². The highest BCUT2D eigenvalue weighted by Gasteiger charge is 2.24. The quantitative estimate of drug-likeness (QED) is 0.166. The van der Waals surface area contributed by atoms with Crippen LogP contribution in [0.2, 0.25) is 0 Å². The molecule has 10 aromatic rings. The first-order valence-corrected chi connectivity index (χ1v) is 18.4. The van der Waals surface area contributed by atoms with Crippen LogP contribution >= 0.6 is 0 Å². The molecule has 0 amide bonds. The van der Waals surface area contributed by atoms with Crippen LogP contribution in [0.5, 0.6) is 0 Å². The lowest BCUT2D eigenvalue weighted by Crippen LogP contribution is -2.12. The van der Waals surface area contributed by atoms with Gasteiger partial charge < -0.3 is 9.32 Å². The van der Waals surface area contributed by atoms with Crippen LogP contribution < -0.4 is 4.90 Å². The van der Waals surface area contributed by atoms with Crippen LogP contribution in [0.4, 0.5) is 17.1 Å². The molecule has 254 valence electrons. The minimum Gasteiger partial charge on any atom is -0.455 e. The molecule has 0 radical (unpaired) electrons. The molecule has 0 fully saturated rings. The summed E-state index contributed by atoms with van der Waals surface area (Å²) >= 11 is 0. The van der Waals surface area contributed by atoms with Gasteiger partial charge in [-0.2, -0.15) is 0 Å². The zero-order chi connectivity index (χ0) is 35.8. The summed E-state index contributed by atoms with van der Waals surface area (Å²) in [7, 11) is 0. The summed E-state index contributed by atoms with van der Waals surface area (Å²) < 4.78 is 6.82. The summed E-state index contributed by atoms with van der Waals surface area (Å²) in [6.45, 7) is 0. The Morgan fingerprint density at radius 2 is 0.889 bits per heavy atom. The molecule has 54 heavy (non-hydrogen) atoms. The Morgan fingerprint density at radius 1 is 0.333 bits per heavy atom. The molecule has 0 saturated heterocycles. The topological polar surface area (TPSA) is 16.4 Å². The first kappa shape index (κ1) is 31.6. The minimum atomic E-state index is 0.876. The molecule has 1 aromatic heterocycles.